The molecule has 2 aromatic rings. The lowest BCUT2D eigenvalue weighted by Crippen LogP contribution is -2.37. The SMILES string of the molecule is CN=C(NCCc1cc(C)ccc1OC)NCc1cccc(OCC(=O)N(C)C)c1.I. The molecule has 0 aliphatic heterocycles. The molecule has 31 heavy (non-hydrogen) atoms. The summed E-state index contributed by atoms with van der Waals surface area (Å²) < 4.78 is 11.0. The van der Waals surface area contributed by atoms with Crippen LogP contribution in [-0.2, 0) is 17.8 Å². The fourth-order valence-electron chi connectivity index (χ4n) is 2.84. The average molecular weight is 540 g/mol. The number of hydrogen-bond acceptors (Lipinski definition) is 4. The second kappa shape index (κ2) is 13.7. The van der Waals surface area contributed by atoms with E-state index in [9.17, 15) is 4.79 Å². The number of carbonyl (C=O) groups is 1. The molecule has 0 saturated heterocycles. The summed E-state index contributed by atoms with van der Waals surface area (Å²) in [6.45, 7) is 3.42. The van der Waals surface area contributed by atoms with Crippen molar-refractivity contribution < 1.29 is 14.3 Å². The Balaban J connectivity index is 0.00000480. The highest BCUT2D eigenvalue weighted by molar-refractivity contribution is 14.0. The van der Waals surface area contributed by atoms with Crippen LogP contribution in [0.25, 0.3) is 0 Å². The van der Waals surface area contributed by atoms with E-state index < -0.39 is 0 Å². The van der Waals surface area contributed by atoms with Crippen molar-refractivity contribution in [3.8, 4) is 11.5 Å². The number of rotatable bonds is 9. The summed E-state index contributed by atoms with van der Waals surface area (Å²) >= 11 is 0. The van der Waals surface area contributed by atoms with Crippen LogP contribution in [0.1, 0.15) is 16.7 Å². The number of ether oxygens (including phenoxy) is 2. The molecule has 0 aliphatic rings. The first-order valence-electron chi connectivity index (χ1n) is 9.93. The minimum absolute atomic E-state index is 0. The Bertz CT molecular complexity index is 872. The summed E-state index contributed by atoms with van der Waals surface area (Å²) in [7, 11) is 6.85. The predicted molar refractivity (Wildman–Crippen MR) is 136 cm³/mol. The predicted octanol–water partition coefficient (Wildman–Crippen LogP) is 3.00. The van der Waals surface area contributed by atoms with Gasteiger partial charge in [-0.25, -0.2) is 0 Å². The molecule has 8 heteroatoms. The molecule has 2 N–H and O–H groups in total. The van der Waals surface area contributed by atoms with E-state index in [4.69, 9.17) is 9.47 Å². The van der Waals surface area contributed by atoms with Gasteiger partial charge in [0.25, 0.3) is 5.91 Å². The number of benzene rings is 2. The second-order valence-corrected chi connectivity index (χ2v) is 7.14. The van der Waals surface area contributed by atoms with Crippen molar-refractivity contribution in [3.05, 3.63) is 59.2 Å². The Labute approximate surface area is 202 Å². The van der Waals surface area contributed by atoms with Crippen molar-refractivity contribution in [3.63, 3.8) is 0 Å². The normalized spacial score (nSPS) is 10.7. The molecule has 0 aromatic heterocycles. The molecule has 0 atom stereocenters. The maximum absolute atomic E-state index is 11.7. The van der Waals surface area contributed by atoms with Gasteiger partial charge in [-0.05, 0) is 42.7 Å². The molecule has 0 aliphatic carbocycles. The van der Waals surface area contributed by atoms with Gasteiger partial charge in [-0.3, -0.25) is 9.79 Å². The van der Waals surface area contributed by atoms with E-state index in [0.717, 1.165) is 35.8 Å². The third-order valence-electron chi connectivity index (χ3n) is 4.57. The molecule has 2 aromatic carbocycles. The Hall–Kier alpha value is -2.49. The maximum Gasteiger partial charge on any atom is 0.259 e. The first-order valence-corrected chi connectivity index (χ1v) is 9.93. The van der Waals surface area contributed by atoms with Gasteiger partial charge in [0, 0.05) is 34.2 Å². The van der Waals surface area contributed by atoms with E-state index in [0.29, 0.717) is 12.3 Å². The van der Waals surface area contributed by atoms with Crippen LogP contribution < -0.4 is 20.1 Å². The van der Waals surface area contributed by atoms with Crippen LogP contribution in [-0.4, -0.2) is 58.2 Å². The molecular formula is C23H33IN4O3. The Morgan fingerprint density at radius 2 is 1.90 bits per heavy atom. The minimum atomic E-state index is -0.0756. The van der Waals surface area contributed by atoms with Crippen LogP contribution in [0.4, 0.5) is 0 Å². The summed E-state index contributed by atoms with van der Waals surface area (Å²) in [5.41, 5.74) is 3.41. The molecule has 0 bridgehead atoms. The van der Waals surface area contributed by atoms with Crippen molar-refractivity contribution in [2.24, 2.45) is 4.99 Å². The summed E-state index contributed by atoms with van der Waals surface area (Å²) in [5, 5.41) is 6.63. The Morgan fingerprint density at radius 1 is 1.13 bits per heavy atom. The standard InChI is InChI=1S/C23H32N4O3.HI/c1-17-9-10-21(29-5)19(13-17)11-12-25-23(24-2)26-15-18-7-6-8-20(14-18)30-16-22(28)27(3)4;/h6-10,13-14H,11-12,15-16H2,1-5H3,(H2,24,25,26);1H. The average Bonchev–Trinajstić information content (AvgIpc) is 2.74. The molecular weight excluding hydrogens is 507 g/mol. The van der Waals surface area contributed by atoms with Gasteiger partial charge in [-0.15, -0.1) is 24.0 Å². The highest BCUT2D eigenvalue weighted by Gasteiger charge is 2.07. The molecule has 2 rings (SSSR count). The number of hydrogen-bond donors (Lipinski definition) is 2. The number of aliphatic imine (C=N–C) groups is 1. The van der Waals surface area contributed by atoms with Crippen molar-refractivity contribution in [2.75, 3.05) is 41.4 Å². The number of aryl methyl sites for hydroxylation is 1. The zero-order valence-electron chi connectivity index (χ0n) is 18.9. The monoisotopic (exact) mass is 540 g/mol. The quantitative estimate of drug-likeness (QED) is 0.291. The fraction of sp³-hybridized carbons (Fsp3) is 0.391. The number of guanidine groups is 1. The van der Waals surface area contributed by atoms with Gasteiger partial charge >= 0.3 is 0 Å². The van der Waals surface area contributed by atoms with E-state index in [-0.39, 0.29) is 36.5 Å². The van der Waals surface area contributed by atoms with E-state index in [1.54, 1.807) is 28.3 Å². The number of nitrogens with zero attached hydrogens (tertiary/aromatic N) is 2. The van der Waals surface area contributed by atoms with Crippen LogP contribution in [0.15, 0.2) is 47.5 Å². The number of likely N-dealkylation sites (N-methyl/N-ethyl adjacent to an activating group) is 1. The van der Waals surface area contributed by atoms with Crippen molar-refractivity contribution in [1.29, 1.82) is 0 Å². The number of nitrogens with one attached hydrogen (secondary N) is 2. The summed E-state index contributed by atoms with van der Waals surface area (Å²) in [6, 6.07) is 13.9. The Kier molecular flexibility index (Phi) is 11.8. The molecule has 0 unspecified atom stereocenters. The molecule has 0 heterocycles. The van der Waals surface area contributed by atoms with Crippen molar-refractivity contribution >= 4 is 35.8 Å². The lowest BCUT2D eigenvalue weighted by atomic mass is 10.1. The highest BCUT2D eigenvalue weighted by atomic mass is 127. The molecule has 1 amide bonds. The van der Waals surface area contributed by atoms with Crippen LogP contribution in [0, 0.1) is 6.92 Å². The van der Waals surface area contributed by atoms with Crippen molar-refractivity contribution in [1.82, 2.24) is 15.5 Å². The first kappa shape index (κ1) is 26.5. The smallest absolute Gasteiger partial charge is 0.259 e. The summed E-state index contributed by atoms with van der Waals surface area (Å²) in [4.78, 5) is 17.5. The molecule has 0 radical (unpaired) electrons. The molecule has 7 nitrogen and oxygen atoms in total. The summed E-state index contributed by atoms with van der Waals surface area (Å²) in [5.74, 6) is 2.21. The van der Waals surface area contributed by atoms with Crippen molar-refractivity contribution in [2.45, 2.75) is 19.9 Å². The molecule has 0 fully saturated rings. The lowest BCUT2D eigenvalue weighted by molar-refractivity contribution is -0.130. The zero-order valence-corrected chi connectivity index (χ0v) is 21.2. The summed E-state index contributed by atoms with van der Waals surface area (Å²) in [6.07, 6.45) is 0.828. The van der Waals surface area contributed by atoms with E-state index >= 15 is 0 Å². The van der Waals surface area contributed by atoms with Gasteiger partial charge in [0.15, 0.2) is 12.6 Å². The van der Waals surface area contributed by atoms with Gasteiger partial charge < -0.3 is 25.0 Å². The number of halogens is 1. The Morgan fingerprint density at radius 3 is 2.58 bits per heavy atom. The van der Waals surface area contributed by atoms with Crippen LogP contribution in [0.5, 0.6) is 11.5 Å². The van der Waals surface area contributed by atoms with Crippen LogP contribution in [0.2, 0.25) is 0 Å². The lowest BCUT2D eigenvalue weighted by Gasteiger charge is -2.14. The third-order valence-corrected chi connectivity index (χ3v) is 4.57. The van der Waals surface area contributed by atoms with E-state index in [1.165, 1.54) is 10.5 Å². The first-order chi connectivity index (χ1) is 14.4. The van der Waals surface area contributed by atoms with Gasteiger partial charge in [-0.1, -0.05) is 29.8 Å². The highest BCUT2D eigenvalue weighted by Crippen LogP contribution is 2.19. The molecule has 0 spiro atoms. The second-order valence-electron chi connectivity index (χ2n) is 7.14. The topological polar surface area (TPSA) is 75.2 Å². The van der Waals surface area contributed by atoms with Gasteiger partial charge in [-0.2, -0.15) is 0 Å². The van der Waals surface area contributed by atoms with Crippen LogP contribution in [0.3, 0.4) is 0 Å². The van der Waals surface area contributed by atoms with E-state index in [1.807, 2.05) is 36.4 Å². The van der Waals surface area contributed by atoms with Gasteiger partial charge in [0.1, 0.15) is 11.5 Å². The fourth-order valence-corrected chi connectivity index (χ4v) is 2.84. The van der Waals surface area contributed by atoms with Crippen LogP contribution >= 0.6 is 24.0 Å². The van der Waals surface area contributed by atoms with E-state index in [2.05, 4.69) is 28.6 Å². The largest absolute Gasteiger partial charge is 0.496 e. The molecule has 0 saturated carbocycles. The third kappa shape index (κ3) is 9.04. The number of methoxy groups -OCH3 is 1. The molecule has 170 valence electrons. The number of amides is 1. The van der Waals surface area contributed by atoms with Gasteiger partial charge in [0.05, 0.1) is 7.11 Å². The zero-order chi connectivity index (χ0) is 21.9. The minimum Gasteiger partial charge on any atom is -0.496 e. The van der Waals surface area contributed by atoms with Gasteiger partial charge in [0.2, 0.25) is 0 Å². The number of carbonyl (C=O) groups excluding carboxylic acids is 1. The maximum atomic E-state index is 11.7.